The van der Waals surface area contributed by atoms with Crippen molar-refractivity contribution >= 4 is 35.8 Å². The van der Waals surface area contributed by atoms with Gasteiger partial charge in [0.05, 0.1) is 6.54 Å². The zero-order valence-corrected chi connectivity index (χ0v) is 13.6. The third-order valence-corrected chi connectivity index (χ3v) is 3.36. The number of halogens is 1. The van der Waals surface area contributed by atoms with Crippen molar-refractivity contribution in [3.63, 3.8) is 0 Å². The van der Waals surface area contributed by atoms with E-state index in [2.05, 4.69) is 21.8 Å². The Labute approximate surface area is 131 Å². The van der Waals surface area contributed by atoms with E-state index in [1.807, 2.05) is 18.3 Å². The minimum absolute atomic E-state index is 0. The molecule has 1 saturated heterocycles. The van der Waals surface area contributed by atoms with Gasteiger partial charge < -0.3 is 16.4 Å². The maximum absolute atomic E-state index is 5.30. The molecule has 0 atom stereocenters. The number of piperidine rings is 1. The van der Waals surface area contributed by atoms with Gasteiger partial charge >= 0.3 is 0 Å². The molecule has 6 heteroatoms. The van der Waals surface area contributed by atoms with Crippen molar-refractivity contribution in [1.82, 2.24) is 4.98 Å². The highest BCUT2D eigenvalue weighted by atomic mass is 127. The zero-order valence-electron chi connectivity index (χ0n) is 11.2. The molecule has 1 aliphatic heterocycles. The summed E-state index contributed by atoms with van der Waals surface area (Å²) in [5.41, 5.74) is 11.6. The Bertz CT molecular complexity index is 406. The van der Waals surface area contributed by atoms with Crippen molar-refractivity contribution in [2.75, 3.05) is 18.0 Å². The molecule has 4 N–H and O–H groups in total. The molecule has 0 unspecified atom stereocenters. The maximum atomic E-state index is 5.30. The van der Waals surface area contributed by atoms with Crippen molar-refractivity contribution in [3.8, 4) is 0 Å². The van der Waals surface area contributed by atoms with Gasteiger partial charge in [0.15, 0.2) is 5.96 Å². The largest absolute Gasteiger partial charge is 0.370 e. The first kappa shape index (κ1) is 16.0. The topological polar surface area (TPSA) is 80.5 Å². The normalized spacial score (nSPS) is 15.7. The smallest absolute Gasteiger partial charge is 0.186 e. The molecule has 0 bridgehead atoms. The molecule has 1 aromatic rings. The number of aliphatic imine (C=N–C) groups is 1. The van der Waals surface area contributed by atoms with Crippen molar-refractivity contribution in [2.24, 2.45) is 22.4 Å². The minimum atomic E-state index is 0. The average Bonchev–Trinajstić information content (AvgIpc) is 2.38. The maximum Gasteiger partial charge on any atom is 0.186 e. The lowest BCUT2D eigenvalue weighted by Crippen LogP contribution is -2.33. The van der Waals surface area contributed by atoms with E-state index in [-0.39, 0.29) is 29.9 Å². The van der Waals surface area contributed by atoms with Crippen LogP contribution in [0.3, 0.4) is 0 Å². The monoisotopic (exact) mass is 375 g/mol. The van der Waals surface area contributed by atoms with Crippen molar-refractivity contribution < 1.29 is 0 Å². The number of nitrogens with two attached hydrogens (primary N) is 2. The molecule has 0 aliphatic carbocycles. The summed E-state index contributed by atoms with van der Waals surface area (Å²) >= 11 is 0. The highest BCUT2D eigenvalue weighted by Crippen LogP contribution is 2.21. The molecule has 0 radical (unpaired) electrons. The Hall–Kier alpha value is -1.05. The Morgan fingerprint density at radius 2 is 2.05 bits per heavy atom. The van der Waals surface area contributed by atoms with Gasteiger partial charge in [-0.3, -0.25) is 0 Å². The third-order valence-electron chi connectivity index (χ3n) is 3.36. The van der Waals surface area contributed by atoms with Crippen LogP contribution in [0.15, 0.2) is 23.3 Å². The number of anilines is 1. The quantitative estimate of drug-likeness (QED) is 0.479. The van der Waals surface area contributed by atoms with Gasteiger partial charge in [-0.25, -0.2) is 9.98 Å². The van der Waals surface area contributed by atoms with Crippen LogP contribution in [0.1, 0.15) is 25.3 Å². The minimum Gasteiger partial charge on any atom is -0.370 e. The fourth-order valence-corrected chi connectivity index (χ4v) is 2.12. The summed E-state index contributed by atoms with van der Waals surface area (Å²) in [5, 5.41) is 0. The summed E-state index contributed by atoms with van der Waals surface area (Å²) in [6.07, 6.45) is 4.34. The standard InChI is InChI=1S/C13H21N5.HI/c1-10-4-6-18(7-5-10)12-3-2-11(8-16-12)9-17-13(14)15;/h2-3,8,10H,4-7,9H2,1H3,(H4,14,15,17);1H. The molecular weight excluding hydrogens is 353 g/mol. The van der Waals surface area contributed by atoms with Crippen LogP contribution in [0.4, 0.5) is 5.82 Å². The van der Waals surface area contributed by atoms with Crippen LogP contribution in [0.25, 0.3) is 0 Å². The second kappa shape index (κ2) is 7.52. The van der Waals surface area contributed by atoms with Crippen LogP contribution in [-0.4, -0.2) is 24.0 Å². The second-order valence-electron chi connectivity index (χ2n) is 4.94. The molecule has 0 aromatic carbocycles. The number of nitrogens with zero attached hydrogens (tertiary/aromatic N) is 3. The van der Waals surface area contributed by atoms with E-state index in [0.29, 0.717) is 6.54 Å². The number of guanidine groups is 1. The summed E-state index contributed by atoms with van der Waals surface area (Å²) in [7, 11) is 0. The summed E-state index contributed by atoms with van der Waals surface area (Å²) in [5.74, 6) is 2.00. The number of rotatable bonds is 3. The number of pyridine rings is 1. The highest BCUT2D eigenvalue weighted by Gasteiger charge is 2.16. The molecule has 2 rings (SSSR count). The van der Waals surface area contributed by atoms with Gasteiger partial charge in [-0.1, -0.05) is 13.0 Å². The van der Waals surface area contributed by atoms with Crippen LogP contribution in [0, 0.1) is 5.92 Å². The molecule has 5 nitrogen and oxygen atoms in total. The first-order chi connectivity index (χ1) is 8.65. The Balaban J connectivity index is 0.00000180. The van der Waals surface area contributed by atoms with Crippen LogP contribution >= 0.6 is 24.0 Å². The molecule has 0 saturated carbocycles. The van der Waals surface area contributed by atoms with Gasteiger partial charge in [-0.15, -0.1) is 24.0 Å². The lowest BCUT2D eigenvalue weighted by molar-refractivity contribution is 0.436. The molecule has 1 aromatic heterocycles. The van der Waals surface area contributed by atoms with Gasteiger partial charge in [0.1, 0.15) is 5.82 Å². The SMILES string of the molecule is CC1CCN(c2ccc(CN=C(N)N)cn2)CC1.I. The molecule has 106 valence electrons. The van der Waals surface area contributed by atoms with Crippen LogP contribution in [0.5, 0.6) is 0 Å². The summed E-state index contributed by atoms with van der Waals surface area (Å²) in [6, 6.07) is 4.08. The lowest BCUT2D eigenvalue weighted by atomic mass is 9.99. The van der Waals surface area contributed by atoms with E-state index in [4.69, 9.17) is 11.5 Å². The van der Waals surface area contributed by atoms with E-state index < -0.39 is 0 Å². The van der Waals surface area contributed by atoms with E-state index >= 15 is 0 Å². The molecule has 19 heavy (non-hydrogen) atoms. The van der Waals surface area contributed by atoms with Crippen molar-refractivity contribution in [3.05, 3.63) is 23.9 Å². The van der Waals surface area contributed by atoms with E-state index in [1.54, 1.807) is 0 Å². The van der Waals surface area contributed by atoms with Crippen LogP contribution in [-0.2, 0) is 6.54 Å². The predicted octanol–water partition coefficient (Wildman–Crippen LogP) is 1.71. The fourth-order valence-electron chi connectivity index (χ4n) is 2.12. The number of hydrogen-bond donors (Lipinski definition) is 2. The van der Waals surface area contributed by atoms with Gasteiger partial charge in [0.25, 0.3) is 0 Å². The highest BCUT2D eigenvalue weighted by molar-refractivity contribution is 14.0. The van der Waals surface area contributed by atoms with E-state index in [9.17, 15) is 0 Å². The summed E-state index contributed by atoms with van der Waals surface area (Å²) in [6.45, 7) is 5.00. The summed E-state index contributed by atoms with van der Waals surface area (Å²) in [4.78, 5) is 10.8. The van der Waals surface area contributed by atoms with Gasteiger partial charge in [-0.05, 0) is 30.4 Å². The van der Waals surface area contributed by atoms with Crippen molar-refractivity contribution in [2.45, 2.75) is 26.3 Å². The Morgan fingerprint density at radius 3 is 2.58 bits per heavy atom. The predicted molar refractivity (Wildman–Crippen MR) is 89.8 cm³/mol. The summed E-state index contributed by atoms with van der Waals surface area (Å²) < 4.78 is 0. The first-order valence-electron chi connectivity index (χ1n) is 6.40. The van der Waals surface area contributed by atoms with Crippen molar-refractivity contribution in [1.29, 1.82) is 0 Å². The third kappa shape index (κ3) is 4.85. The van der Waals surface area contributed by atoms with Crippen LogP contribution < -0.4 is 16.4 Å². The number of hydrogen-bond acceptors (Lipinski definition) is 3. The second-order valence-corrected chi connectivity index (χ2v) is 4.94. The van der Waals surface area contributed by atoms with Crippen LogP contribution in [0.2, 0.25) is 0 Å². The number of aromatic nitrogens is 1. The molecular formula is C13H22IN5. The Kier molecular flexibility index (Phi) is 6.33. The molecule has 2 heterocycles. The lowest BCUT2D eigenvalue weighted by Gasteiger charge is -2.31. The molecule has 0 amide bonds. The molecule has 1 fully saturated rings. The van der Waals surface area contributed by atoms with E-state index in [1.165, 1.54) is 12.8 Å². The van der Waals surface area contributed by atoms with Gasteiger partial charge in [0.2, 0.25) is 0 Å². The fraction of sp³-hybridized carbons (Fsp3) is 0.538. The molecule has 0 spiro atoms. The zero-order chi connectivity index (χ0) is 13.0. The van der Waals surface area contributed by atoms with Gasteiger partial charge in [-0.2, -0.15) is 0 Å². The molecule has 1 aliphatic rings. The average molecular weight is 375 g/mol. The first-order valence-corrected chi connectivity index (χ1v) is 6.40. The van der Waals surface area contributed by atoms with E-state index in [0.717, 1.165) is 30.4 Å². The Morgan fingerprint density at radius 1 is 1.37 bits per heavy atom. The van der Waals surface area contributed by atoms with Gasteiger partial charge in [0, 0.05) is 19.3 Å².